The molecule has 0 radical (unpaired) electrons. The normalized spacial score (nSPS) is 45.9. The van der Waals surface area contributed by atoms with Crippen molar-refractivity contribution in [2.45, 2.75) is 12.2 Å². The highest BCUT2D eigenvalue weighted by Gasteiger charge is 2.68. The molecule has 2 aliphatic heterocycles. The maximum atomic E-state index is 10.8. The number of rotatable bonds is 1. The first-order valence-electron chi connectivity index (χ1n) is 5.11. The van der Waals surface area contributed by atoms with Gasteiger partial charge in [0.25, 0.3) is 0 Å². The first-order valence-corrected chi connectivity index (χ1v) is 5.11. The Balaban J connectivity index is 1.86. The van der Waals surface area contributed by atoms with Crippen LogP contribution in [0.1, 0.15) is 23.3 Å². The predicted molar refractivity (Wildman–Crippen MR) is 49.5 cm³/mol. The Morgan fingerprint density at radius 2 is 1.64 bits per heavy atom. The van der Waals surface area contributed by atoms with Crippen LogP contribution in [-0.2, 0) is 9.53 Å². The Kier molecular flexibility index (Phi) is 1.07. The molecular formula is C12H10O2. The minimum absolute atomic E-state index is 0.219. The zero-order chi connectivity index (χ0) is 9.28. The number of hydrogen-bond acceptors (Lipinski definition) is 2. The van der Waals surface area contributed by atoms with Crippen LogP contribution < -0.4 is 0 Å². The van der Waals surface area contributed by atoms with Crippen LogP contribution in [0.25, 0.3) is 0 Å². The summed E-state index contributed by atoms with van der Waals surface area (Å²) in [6.45, 7) is 0. The third kappa shape index (κ3) is 0.601. The smallest absolute Gasteiger partial charge is 0.123 e. The van der Waals surface area contributed by atoms with Crippen LogP contribution in [0.2, 0.25) is 0 Å². The van der Waals surface area contributed by atoms with Gasteiger partial charge in [-0.05, 0) is 11.1 Å². The second kappa shape index (κ2) is 2.09. The van der Waals surface area contributed by atoms with Crippen molar-refractivity contribution in [1.29, 1.82) is 0 Å². The molecule has 2 nitrogen and oxygen atoms in total. The number of benzene rings is 1. The van der Waals surface area contributed by atoms with Crippen LogP contribution in [0.15, 0.2) is 24.3 Å². The minimum Gasteiger partial charge on any atom is -0.365 e. The molecule has 0 spiro atoms. The first-order chi connectivity index (χ1) is 6.92. The van der Waals surface area contributed by atoms with E-state index >= 15 is 0 Å². The summed E-state index contributed by atoms with van der Waals surface area (Å²) in [6, 6.07) is 8.37. The zero-order valence-electron chi connectivity index (χ0n) is 7.59. The summed E-state index contributed by atoms with van der Waals surface area (Å²) in [6.07, 6.45) is 1.55. The fourth-order valence-corrected chi connectivity index (χ4v) is 3.30. The molecule has 5 atom stereocenters. The number of aldehydes is 1. The third-order valence-electron chi connectivity index (χ3n) is 3.95. The molecule has 2 heterocycles. The number of hydrogen-bond donors (Lipinski definition) is 0. The van der Waals surface area contributed by atoms with Gasteiger partial charge in [-0.1, -0.05) is 24.3 Å². The van der Waals surface area contributed by atoms with Crippen molar-refractivity contribution >= 4 is 6.29 Å². The van der Waals surface area contributed by atoms with E-state index in [0.29, 0.717) is 11.8 Å². The molecular weight excluding hydrogens is 176 g/mol. The molecule has 0 amide bonds. The lowest BCUT2D eigenvalue weighted by atomic mass is 9.92. The Morgan fingerprint density at radius 1 is 1.07 bits per heavy atom. The van der Waals surface area contributed by atoms with Gasteiger partial charge in [-0.15, -0.1) is 0 Å². The molecule has 1 saturated heterocycles. The summed E-state index contributed by atoms with van der Waals surface area (Å²) in [4.78, 5) is 10.8. The molecule has 4 rings (SSSR count). The number of fused-ring (bicyclic) bond motifs is 8. The first kappa shape index (κ1) is 7.18. The fourth-order valence-electron chi connectivity index (χ4n) is 3.30. The Morgan fingerprint density at radius 3 is 2.14 bits per heavy atom. The van der Waals surface area contributed by atoms with Crippen LogP contribution in [0, 0.1) is 17.8 Å². The van der Waals surface area contributed by atoms with Crippen LogP contribution in [0.4, 0.5) is 0 Å². The molecule has 1 saturated carbocycles. The summed E-state index contributed by atoms with van der Waals surface area (Å²) >= 11 is 0. The number of ether oxygens (including phenoxy) is 1. The summed E-state index contributed by atoms with van der Waals surface area (Å²) in [5.74, 6) is 1.26. The Hall–Kier alpha value is -1.15. The second-order valence-electron chi connectivity index (χ2n) is 4.47. The van der Waals surface area contributed by atoms with Crippen molar-refractivity contribution in [2.75, 3.05) is 0 Å². The highest BCUT2D eigenvalue weighted by atomic mass is 16.5. The lowest BCUT2D eigenvalue weighted by molar-refractivity contribution is -0.111. The van der Waals surface area contributed by atoms with Gasteiger partial charge in [-0.3, -0.25) is 0 Å². The van der Waals surface area contributed by atoms with E-state index in [0.717, 1.165) is 6.29 Å². The van der Waals surface area contributed by atoms with Crippen LogP contribution >= 0.6 is 0 Å². The quantitative estimate of drug-likeness (QED) is 0.626. The van der Waals surface area contributed by atoms with E-state index in [1.54, 1.807) is 0 Å². The summed E-state index contributed by atoms with van der Waals surface area (Å²) in [5, 5.41) is 0. The largest absolute Gasteiger partial charge is 0.365 e. The van der Waals surface area contributed by atoms with Gasteiger partial charge in [0.1, 0.15) is 6.29 Å². The van der Waals surface area contributed by atoms with Gasteiger partial charge in [0, 0.05) is 17.8 Å². The average molecular weight is 186 g/mol. The summed E-state index contributed by atoms with van der Waals surface area (Å²) < 4.78 is 5.88. The maximum absolute atomic E-state index is 10.8. The molecule has 70 valence electrons. The van der Waals surface area contributed by atoms with Gasteiger partial charge in [-0.25, -0.2) is 0 Å². The summed E-state index contributed by atoms with van der Waals surface area (Å²) in [7, 11) is 0. The van der Waals surface area contributed by atoms with Crippen LogP contribution in [0.3, 0.4) is 0 Å². The molecule has 1 aromatic carbocycles. The van der Waals surface area contributed by atoms with E-state index in [9.17, 15) is 4.79 Å². The fraction of sp³-hybridized carbons (Fsp3) is 0.417. The van der Waals surface area contributed by atoms with Crippen molar-refractivity contribution in [3.05, 3.63) is 35.4 Å². The summed E-state index contributed by atoms with van der Waals surface area (Å²) in [5.41, 5.74) is 2.64. The molecule has 1 aromatic rings. The van der Waals surface area contributed by atoms with E-state index in [-0.39, 0.29) is 18.1 Å². The van der Waals surface area contributed by atoms with E-state index in [1.165, 1.54) is 11.1 Å². The van der Waals surface area contributed by atoms with Crippen molar-refractivity contribution in [1.82, 2.24) is 0 Å². The van der Waals surface area contributed by atoms with Gasteiger partial charge in [-0.2, -0.15) is 0 Å². The maximum Gasteiger partial charge on any atom is 0.123 e. The van der Waals surface area contributed by atoms with E-state index in [4.69, 9.17) is 4.74 Å². The molecule has 2 fully saturated rings. The van der Waals surface area contributed by atoms with Crippen LogP contribution in [-0.4, -0.2) is 6.29 Å². The lowest BCUT2D eigenvalue weighted by Crippen LogP contribution is -1.99. The Labute approximate surface area is 81.9 Å². The molecule has 14 heavy (non-hydrogen) atoms. The highest BCUT2D eigenvalue weighted by molar-refractivity contribution is 5.63. The van der Waals surface area contributed by atoms with E-state index in [1.807, 2.05) is 0 Å². The van der Waals surface area contributed by atoms with Crippen LogP contribution in [0.5, 0.6) is 0 Å². The van der Waals surface area contributed by atoms with Gasteiger partial charge in [0.2, 0.25) is 0 Å². The molecule has 2 heteroatoms. The van der Waals surface area contributed by atoms with Gasteiger partial charge in [0.15, 0.2) is 0 Å². The molecule has 3 aliphatic rings. The molecule has 0 N–H and O–H groups in total. The Bertz CT molecular complexity index is 391. The predicted octanol–water partition coefficient (Wildman–Crippen LogP) is 1.87. The van der Waals surface area contributed by atoms with E-state index < -0.39 is 0 Å². The topological polar surface area (TPSA) is 26.3 Å². The standard InChI is InChI=1S/C12H10O2/c13-5-8-9-10(8)12-7-4-2-1-3-6(7)11(9)14-12/h1-5,8-12H/t8?,9-,10+,11+,12-. The number of carbonyl (C=O) groups is 1. The molecule has 0 aromatic heterocycles. The zero-order valence-corrected chi connectivity index (χ0v) is 7.59. The van der Waals surface area contributed by atoms with Crippen molar-refractivity contribution in [3.8, 4) is 0 Å². The molecule has 1 aliphatic carbocycles. The second-order valence-corrected chi connectivity index (χ2v) is 4.47. The third-order valence-corrected chi connectivity index (χ3v) is 3.95. The SMILES string of the molecule is O=CC1[C@@H]2[C@H]1[C@@H]1O[C@H]2c2ccccc21. The van der Waals surface area contributed by atoms with Gasteiger partial charge < -0.3 is 9.53 Å². The minimum atomic E-state index is 0.219. The van der Waals surface area contributed by atoms with Gasteiger partial charge in [0.05, 0.1) is 12.2 Å². The average Bonchev–Trinajstić information content (AvgIpc) is 2.69. The highest BCUT2D eigenvalue weighted by Crippen LogP contribution is 2.71. The number of carbonyl (C=O) groups excluding carboxylic acids is 1. The van der Waals surface area contributed by atoms with Crippen molar-refractivity contribution < 1.29 is 9.53 Å². The van der Waals surface area contributed by atoms with Crippen molar-refractivity contribution in [2.24, 2.45) is 17.8 Å². The lowest BCUT2D eigenvalue weighted by Gasteiger charge is -2.08. The van der Waals surface area contributed by atoms with E-state index in [2.05, 4.69) is 24.3 Å². The monoisotopic (exact) mass is 186 g/mol. The molecule has 2 bridgehead atoms. The van der Waals surface area contributed by atoms with Crippen molar-refractivity contribution in [3.63, 3.8) is 0 Å². The van der Waals surface area contributed by atoms with Gasteiger partial charge >= 0.3 is 0 Å². The molecule has 1 unspecified atom stereocenters.